The molecule has 94 valence electrons. The summed E-state index contributed by atoms with van der Waals surface area (Å²) in [5.74, 6) is 2.13. The van der Waals surface area contributed by atoms with Crippen molar-refractivity contribution in [3.63, 3.8) is 0 Å². The van der Waals surface area contributed by atoms with E-state index >= 15 is 0 Å². The third-order valence-corrected chi connectivity index (χ3v) is 3.74. The maximum absolute atomic E-state index is 5.34. The smallest absolute Gasteiger partial charge is 0.231 e. The summed E-state index contributed by atoms with van der Waals surface area (Å²) in [7, 11) is 0. The van der Waals surface area contributed by atoms with Crippen molar-refractivity contribution in [3.8, 4) is 0 Å². The minimum absolute atomic E-state index is 0.433. The molecule has 0 radical (unpaired) electrons. The topological polar surface area (TPSA) is 54.2 Å². The van der Waals surface area contributed by atoms with E-state index in [-0.39, 0.29) is 0 Å². The first kappa shape index (κ1) is 11.2. The van der Waals surface area contributed by atoms with Gasteiger partial charge in [-0.25, -0.2) is 0 Å². The van der Waals surface area contributed by atoms with Crippen molar-refractivity contribution in [2.75, 3.05) is 32.7 Å². The molecule has 5 heteroatoms. The van der Waals surface area contributed by atoms with Gasteiger partial charge < -0.3 is 14.7 Å². The molecule has 0 aliphatic carbocycles. The Bertz CT molecular complexity index is 353. The number of hydrogen-bond donors (Lipinski definition) is 1. The van der Waals surface area contributed by atoms with Crippen LogP contribution in [0.1, 0.15) is 36.9 Å². The lowest BCUT2D eigenvalue weighted by molar-refractivity contribution is 0.331. The highest BCUT2D eigenvalue weighted by molar-refractivity contribution is 4.98. The molecule has 2 fully saturated rings. The van der Waals surface area contributed by atoms with Crippen molar-refractivity contribution >= 4 is 0 Å². The molecular weight excluding hydrogens is 216 g/mol. The third kappa shape index (κ3) is 2.66. The average molecular weight is 236 g/mol. The Morgan fingerprint density at radius 2 is 2.24 bits per heavy atom. The lowest BCUT2D eigenvalue weighted by Crippen LogP contribution is -2.22. The molecule has 2 aliphatic heterocycles. The van der Waals surface area contributed by atoms with Crippen LogP contribution in [-0.4, -0.2) is 47.8 Å². The van der Waals surface area contributed by atoms with Gasteiger partial charge >= 0.3 is 0 Å². The van der Waals surface area contributed by atoms with Gasteiger partial charge in [-0.15, -0.1) is 0 Å². The molecule has 1 aromatic heterocycles. The molecule has 17 heavy (non-hydrogen) atoms. The maximum atomic E-state index is 5.34. The van der Waals surface area contributed by atoms with E-state index in [9.17, 15) is 0 Å². The zero-order chi connectivity index (χ0) is 11.5. The number of nitrogens with one attached hydrogen (secondary N) is 1. The fourth-order valence-corrected chi connectivity index (χ4v) is 2.66. The van der Waals surface area contributed by atoms with Crippen molar-refractivity contribution in [2.45, 2.75) is 31.6 Å². The van der Waals surface area contributed by atoms with E-state index in [0.29, 0.717) is 5.92 Å². The molecule has 1 aromatic rings. The van der Waals surface area contributed by atoms with Gasteiger partial charge in [-0.2, -0.15) is 4.98 Å². The Labute approximate surface area is 102 Å². The van der Waals surface area contributed by atoms with Crippen LogP contribution in [0, 0.1) is 0 Å². The molecule has 2 saturated heterocycles. The Hall–Kier alpha value is -0.940. The molecule has 1 N–H and O–H groups in total. The molecule has 0 amide bonds. The largest absolute Gasteiger partial charge is 0.339 e. The number of rotatable bonds is 4. The Morgan fingerprint density at radius 3 is 3.00 bits per heavy atom. The first-order chi connectivity index (χ1) is 8.42. The van der Waals surface area contributed by atoms with E-state index in [1.807, 2.05) is 0 Å². The van der Waals surface area contributed by atoms with Crippen molar-refractivity contribution in [2.24, 2.45) is 0 Å². The summed E-state index contributed by atoms with van der Waals surface area (Å²) in [6.07, 6.45) is 4.72. The summed E-state index contributed by atoms with van der Waals surface area (Å²) in [5.41, 5.74) is 0. The van der Waals surface area contributed by atoms with Crippen LogP contribution in [-0.2, 0) is 6.42 Å². The lowest BCUT2D eigenvalue weighted by atomic mass is 10.1. The summed E-state index contributed by atoms with van der Waals surface area (Å²) >= 11 is 0. The molecule has 0 saturated carbocycles. The second kappa shape index (κ2) is 5.14. The van der Waals surface area contributed by atoms with Gasteiger partial charge in [-0.05, 0) is 38.9 Å². The van der Waals surface area contributed by atoms with Crippen LogP contribution in [0.3, 0.4) is 0 Å². The first-order valence-electron chi connectivity index (χ1n) is 6.67. The highest BCUT2D eigenvalue weighted by atomic mass is 16.5. The van der Waals surface area contributed by atoms with Crippen molar-refractivity contribution < 1.29 is 4.52 Å². The number of hydrogen-bond acceptors (Lipinski definition) is 5. The summed E-state index contributed by atoms with van der Waals surface area (Å²) < 4.78 is 5.34. The SMILES string of the molecule is C1CCN(CCc2noc(C3CCNC3)n2)C1. The van der Waals surface area contributed by atoms with E-state index in [2.05, 4.69) is 20.4 Å². The van der Waals surface area contributed by atoms with Crippen LogP contribution in [0.5, 0.6) is 0 Å². The molecule has 2 aliphatic rings. The molecule has 1 atom stereocenters. The normalized spacial score (nSPS) is 25.8. The Kier molecular flexibility index (Phi) is 3.38. The van der Waals surface area contributed by atoms with E-state index < -0.39 is 0 Å². The predicted molar refractivity (Wildman–Crippen MR) is 63.9 cm³/mol. The number of aromatic nitrogens is 2. The number of likely N-dealkylation sites (tertiary alicyclic amines) is 1. The second-order valence-electron chi connectivity index (χ2n) is 5.04. The van der Waals surface area contributed by atoms with Crippen LogP contribution >= 0.6 is 0 Å². The lowest BCUT2D eigenvalue weighted by Gasteiger charge is -2.11. The van der Waals surface area contributed by atoms with Crippen molar-refractivity contribution in [1.29, 1.82) is 0 Å². The molecule has 0 spiro atoms. The Balaban J connectivity index is 1.52. The fraction of sp³-hybridized carbons (Fsp3) is 0.833. The van der Waals surface area contributed by atoms with Gasteiger partial charge in [0.25, 0.3) is 0 Å². The summed E-state index contributed by atoms with van der Waals surface area (Å²) in [6, 6.07) is 0. The first-order valence-corrected chi connectivity index (χ1v) is 6.67. The van der Waals surface area contributed by atoms with Crippen molar-refractivity contribution in [1.82, 2.24) is 20.4 Å². The summed E-state index contributed by atoms with van der Waals surface area (Å²) in [4.78, 5) is 6.99. The van der Waals surface area contributed by atoms with Gasteiger partial charge in [-0.3, -0.25) is 0 Å². The monoisotopic (exact) mass is 236 g/mol. The zero-order valence-corrected chi connectivity index (χ0v) is 10.2. The van der Waals surface area contributed by atoms with Crippen molar-refractivity contribution in [3.05, 3.63) is 11.7 Å². The minimum atomic E-state index is 0.433. The van der Waals surface area contributed by atoms with Gasteiger partial charge in [0.2, 0.25) is 5.89 Å². The molecule has 0 aromatic carbocycles. The molecule has 3 heterocycles. The van der Waals surface area contributed by atoms with Crippen LogP contribution < -0.4 is 5.32 Å². The van der Waals surface area contributed by atoms with E-state index in [1.165, 1.54) is 25.9 Å². The van der Waals surface area contributed by atoms with Crippen LogP contribution in [0.25, 0.3) is 0 Å². The van der Waals surface area contributed by atoms with Crippen LogP contribution in [0.4, 0.5) is 0 Å². The van der Waals surface area contributed by atoms with Gasteiger partial charge in [0.05, 0.1) is 5.92 Å². The van der Waals surface area contributed by atoms with Gasteiger partial charge in [0, 0.05) is 19.5 Å². The van der Waals surface area contributed by atoms with E-state index in [4.69, 9.17) is 4.52 Å². The van der Waals surface area contributed by atoms with Crippen LogP contribution in [0.15, 0.2) is 4.52 Å². The maximum Gasteiger partial charge on any atom is 0.231 e. The highest BCUT2D eigenvalue weighted by Gasteiger charge is 2.22. The highest BCUT2D eigenvalue weighted by Crippen LogP contribution is 2.20. The third-order valence-electron chi connectivity index (χ3n) is 3.74. The molecular formula is C12H20N4O. The minimum Gasteiger partial charge on any atom is -0.339 e. The average Bonchev–Trinajstić information content (AvgIpc) is 3.09. The quantitative estimate of drug-likeness (QED) is 0.837. The van der Waals surface area contributed by atoms with Gasteiger partial charge in [-0.1, -0.05) is 5.16 Å². The zero-order valence-electron chi connectivity index (χ0n) is 10.2. The fourth-order valence-electron chi connectivity index (χ4n) is 2.66. The number of nitrogens with zero attached hydrogens (tertiary/aromatic N) is 3. The van der Waals surface area contributed by atoms with E-state index in [1.54, 1.807) is 0 Å². The van der Waals surface area contributed by atoms with Gasteiger partial charge in [0.1, 0.15) is 0 Å². The van der Waals surface area contributed by atoms with E-state index in [0.717, 1.165) is 44.2 Å². The Morgan fingerprint density at radius 1 is 1.35 bits per heavy atom. The van der Waals surface area contributed by atoms with Gasteiger partial charge in [0.15, 0.2) is 5.82 Å². The predicted octanol–water partition coefficient (Wildman–Crippen LogP) is 0.785. The molecule has 5 nitrogen and oxygen atoms in total. The molecule has 0 bridgehead atoms. The standard InChI is InChI=1S/C12H20N4O/c1-2-7-16(6-1)8-4-11-14-12(17-15-11)10-3-5-13-9-10/h10,13H,1-9H2. The molecule has 3 rings (SSSR count). The second-order valence-corrected chi connectivity index (χ2v) is 5.04. The molecule has 1 unspecified atom stereocenters. The van der Waals surface area contributed by atoms with Crippen LogP contribution in [0.2, 0.25) is 0 Å². The summed E-state index contributed by atoms with van der Waals surface area (Å²) in [6.45, 7) is 5.58. The summed E-state index contributed by atoms with van der Waals surface area (Å²) in [5, 5.41) is 7.40.